The van der Waals surface area contributed by atoms with Crippen molar-refractivity contribution in [2.24, 2.45) is 0 Å². The van der Waals surface area contributed by atoms with Gasteiger partial charge in [0.1, 0.15) is 6.04 Å². The molecule has 0 aromatic rings. The Morgan fingerprint density at radius 3 is 2.23 bits per heavy atom. The number of carbonyl (C=O) groups excluding carboxylic acids is 2. The molecule has 3 rings (SSSR count). The number of rotatable bonds is 3. The van der Waals surface area contributed by atoms with E-state index in [2.05, 4.69) is 10.2 Å². The summed E-state index contributed by atoms with van der Waals surface area (Å²) in [4.78, 5) is 31.1. The first-order chi connectivity index (χ1) is 11.6. The van der Waals surface area contributed by atoms with Crippen molar-refractivity contribution in [2.45, 2.75) is 38.3 Å². The molecule has 1 N–H and O–H groups in total. The Balaban J connectivity index is 0.00000169. The van der Waals surface area contributed by atoms with Crippen molar-refractivity contribution < 1.29 is 14.3 Å². The van der Waals surface area contributed by atoms with E-state index >= 15 is 0 Å². The molecule has 0 aliphatic carbocycles. The number of nitrogens with zero attached hydrogens (tertiary/aromatic N) is 3. The van der Waals surface area contributed by atoms with Crippen molar-refractivity contribution in [3.05, 3.63) is 0 Å². The van der Waals surface area contributed by atoms with Gasteiger partial charge in [-0.25, -0.2) is 0 Å². The molecule has 152 valence electrons. The summed E-state index contributed by atoms with van der Waals surface area (Å²) in [6.45, 7) is 8.56. The molecular formula is C17H32Cl2N4O3. The zero-order valence-corrected chi connectivity index (χ0v) is 17.2. The standard InChI is InChI=1S/C17H30N4O3.2ClH/c1-14-16(18-5-12-24-14)17(23)21-10-8-19(9-11-21)13-15(22)20-6-3-2-4-7-20;;/h14,16,18H,2-13H2,1H3;2*1H/t14-,16+;;/m1../s1. The van der Waals surface area contributed by atoms with Crippen LogP contribution in [0.2, 0.25) is 0 Å². The zero-order chi connectivity index (χ0) is 16.9. The van der Waals surface area contributed by atoms with E-state index in [1.165, 1.54) is 6.42 Å². The maximum absolute atomic E-state index is 12.6. The zero-order valence-electron chi connectivity index (χ0n) is 15.5. The van der Waals surface area contributed by atoms with E-state index in [0.717, 1.165) is 45.6 Å². The maximum Gasteiger partial charge on any atom is 0.242 e. The smallest absolute Gasteiger partial charge is 0.242 e. The number of piperidine rings is 1. The molecule has 0 aromatic heterocycles. The van der Waals surface area contributed by atoms with Crippen LogP contribution in [0.3, 0.4) is 0 Å². The summed E-state index contributed by atoms with van der Waals surface area (Å²) in [5, 5.41) is 3.26. The predicted octanol–water partition coefficient (Wildman–Crippen LogP) is 0.364. The largest absolute Gasteiger partial charge is 0.375 e. The number of hydrogen-bond acceptors (Lipinski definition) is 5. The first kappa shape index (κ1) is 23.4. The summed E-state index contributed by atoms with van der Waals surface area (Å²) in [6, 6.07) is -0.236. The van der Waals surface area contributed by atoms with Crippen molar-refractivity contribution in [2.75, 3.05) is 59.0 Å². The van der Waals surface area contributed by atoms with Gasteiger partial charge in [-0.2, -0.15) is 0 Å². The van der Waals surface area contributed by atoms with Crippen LogP contribution in [0.4, 0.5) is 0 Å². The number of piperazine rings is 1. The van der Waals surface area contributed by atoms with E-state index in [4.69, 9.17) is 4.74 Å². The van der Waals surface area contributed by atoms with Gasteiger partial charge >= 0.3 is 0 Å². The molecule has 3 aliphatic rings. The van der Waals surface area contributed by atoms with Crippen LogP contribution in [0.1, 0.15) is 26.2 Å². The molecule has 0 bridgehead atoms. The Labute approximate surface area is 168 Å². The normalized spacial score (nSPS) is 27.3. The van der Waals surface area contributed by atoms with Crippen LogP contribution >= 0.6 is 24.8 Å². The maximum atomic E-state index is 12.6. The first-order valence-corrected chi connectivity index (χ1v) is 9.29. The molecule has 7 nitrogen and oxygen atoms in total. The van der Waals surface area contributed by atoms with Crippen LogP contribution in [0.15, 0.2) is 0 Å². The van der Waals surface area contributed by atoms with Crippen LogP contribution in [-0.2, 0) is 14.3 Å². The number of ether oxygens (including phenoxy) is 1. The third-order valence-electron chi connectivity index (χ3n) is 5.33. The molecule has 26 heavy (non-hydrogen) atoms. The van der Waals surface area contributed by atoms with Crippen molar-refractivity contribution in [1.29, 1.82) is 0 Å². The Morgan fingerprint density at radius 1 is 0.962 bits per heavy atom. The molecule has 0 spiro atoms. The second-order valence-electron chi connectivity index (χ2n) is 7.05. The average molecular weight is 411 g/mol. The van der Waals surface area contributed by atoms with E-state index in [-0.39, 0.29) is 48.8 Å². The lowest BCUT2D eigenvalue weighted by molar-refractivity contribution is -0.141. The van der Waals surface area contributed by atoms with Crippen LogP contribution in [-0.4, -0.2) is 97.6 Å². The average Bonchev–Trinajstić information content (AvgIpc) is 2.63. The van der Waals surface area contributed by atoms with Crippen molar-refractivity contribution in [1.82, 2.24) is 20.0 Å². The molecule has 2 amide bonds. The van der Waals surface area contributed by atoms with E-state index in [9.17, 15) is 9.59 Å². The molecule has 3 fully saturated rings. The van der Waals surface area contributed by atoms with Gasteiger partial charge in [-0.05, 0) is 26.2 Å². The van der Waals surface area contributed by atoms with Gasteiger partial charge in [-0.3, -0.25) is 14.5 Å². The summed E-state index contributed by atoms with van der Waals surface area (Å²) >= 11 is 0. The summed E-state index contributed by atoms with van der Waals surface area (Å²) < 4.78 is 5.57. The second-order valence-corrected chi connectivity index (χ2v) is 7.05. The SMILES string of the molecule is C[C@H]1OCCN[C@@H]1C(=O)N1CCN(CC(=O)N2CCCCC2)CC1.Cl.Cl. The van der Waals surface area contributed by atoms with Gasteiger partial charge in [0, 0.05) is 45.8 Å². The minimum Gasteiger partial charge on any atom is -0.375 e. The number of amides is 2. The lowest BCUT2D eigenvalue weighted by Crippen LogP contribution is -2.60. The van der Waals surface area contributed by atoms with Gasteiger partial charge in [0.15, 0.2) is 0 Å². The molecule has 0 aromatic carbocycles. The van der Waals surface area contributed by atoms with E-state index in [1.807, 2.05) is 16.7 Å². The molecule has 3 saturated heterocycles. The van der Waals surface area contributed by atoms with E-state index in [0.29, 0.717) is 26.2 Å². The van der Waals surface area contributed by atoms with E-state index in [1.54, 1.807) is 0 Å². The van der Waals surface area contributed by atoms with Gasteiger partial charge in [-0.1, -0.05) is 0 Å². The third-order valence-corrected chi connectivity index (χ3v) is 5.33. The van der Waals surface area contributed by atoms with Gasteiger partial charge in [0.2, 0.25) is 11.8 Å². The first-order valence-electron chi connectivity index (χ1n) is 9.29. The molecule has 3 aliphatic heterocycles. The van der Waals surface area contributed by atoms with Gasteiger partial charge in [0.05, 0.1) is 19.3 Å². The predicted molar refractivity (Wildman–Crippen MR) is 105 cm³/mol. The monoisotopic (exact) mass is 410 g/mol. The molecule has 0 radical (unpaired) electrons. The number of likely N-dealkylation sites (tertiary alicyclic amines) is 1. The lowest BCUT2D eigenvalue weighted by Gasteiger charge is -2.39. The van der Waals surface area contributed by atoms with Gasteiger partial charge in [0.25, 0.3) is 0 Å². The van der Waals surface area contributed by atoms with Gasteiger partial charge in [-0.15, -0.1) is 24.8 Å². The summed E-state index contributed by atoms with van der Waals surface area (Å²) in [5.74, 6) is 0.370. The minimum absolute atomic E-state index is 0. The van der Waals surface area contributed by atoms with Crippen LogP contribution in [0, 0.1) is 0 Å². The number of carbonyl (C=O) groups is 2. The highest BCUT2D eigenvalue weighted by atomic mass is 35.5. The summed E-state index contributed by atoms with van der Waals surface area (Å²) in [6.07, 6.45) is 3.41. The highest BCUT2D eigenvalue weighted by Crippen LogP contribution is 2.12. The molecule has 3 heterocycles. The van der Waals surface area contributed by atoms with Gasteiger partial charge < -0.3 is 19.9 Å². The number of hydrogen-bond donors (Lipinski definition) is 1. The third kappa shape index (κ3) is 5.96. The molecule has 0 unspecified atom stereocenters. The van der Waals surface area contributed by atoms with Crippen LogP contribution in [0.5, 0.6) is 0 Å². The highest BCUT2D eigenvalue weighted by Gasteiger charge is 2.33. The molecule has 2 atom stereocenters. The fraction of sp³-hybridized carbons (Fsp3) is 0.882. The topological polar surface area (TPSA) is 65.1 Å². The van der Waals surface area contributed by atoms with Crippen molar-refractivity contribution >= 4 is 36.6 Å². The van der Waals surface area contributed by atoms with Crippen LogP contribution < -0.4 is 5.32 Å². The Morgan fingerprint density at radius 2 is 1.62 bits per heavy atom. The fourth-order valence-corrected chi connectivity index (χ4v) is 3.77. The summed E-state index contributed by atoms with van der Waals surface area (Å²) in [5.41, 5.74) is 0. The van der Waals surface area contributed by atoms with Crippen molar-refractivity contribution in [3.8, 4) is 0 Å². The fourth-order valence-electron chi connectivity index (χ4n) is 3.77. The molecule has 9 heteroatoms. The highest BCUT2D eigenvalue weighted by molar-refractivity contribution is 5.85. The molecule has 0 saturated carbocycles. The Hall–Kier alpha value is -0.600. The Bertz CT molecular complexity index is 455. The van der Waals surface area contributed by atoms with Crippen molar-refractivity contribution in [3.63, 3.8) is 0 Å². The number of nitrogens with one attached hydrogen (secondary N) is 1. The second kappa shape index (κ2) is 11.3. The minimum atomic E-state index is -0.236. The molecular weight excluding hydrogens is 379 g/mol. The number of halogens is 2. The lowest BCUT2D eigenvalue weighted by atomic mass is 10.1. The summed E-state index contributed by atoms with van der Waals surface area (Å²) in [7, 11) is 0. The van der Waals surface area contributed by atoms with Crippen LogP contribution in [0.25, 0.3) is 0 Å². The number of morpholine rings is 1. The quantitative estimate of drug-likeness (QED) is 0.727. The Kier molecular flexibility index (Phi) is 10.2. The van der Waals surface area contributed by atoms with E-state index < -0.39 is 0 Å².